The number of benzene rings is 1. The molecule has 1 aromatic carbocycles. The van der Waals surface area contributed by atoms with Gasteiger partial charge in [0.05, 0.1) is 17.6 Å². The lowest BCUT2D eigenvalue weighted by Crippen LogP contribution is -2.18. The maximum atomic E-state index is 12.6. The number of amides is 2. The number of carbonyl (C=O) groups is 2. The van der Waals surface area contributed by atoms with Crippen molar-refractivity contribution in [2.24, 2.45) is 0 Å². The number of aromatic nitrogens is 2. The molecule has 2 aromatic heterocycles. The monoisotopic (exact) mass is 463 g/mol. The molecule has 0 saturated carbocycles. The number of nitrogens with zero attached hydrogens (tertiary/aromatic N) is 2. The van der Waals surface area contributed by atoms with E-state index >= 15 is 0 Å². The first kappa shape index (κ1) is 20.4. The molecule has 3 aromatic rings. The largest absolute Gasteiger partial charge is 0.326 e. The van der Waals surface area contributed by atoms with E-state index in [4.69, 9.17) is 0 Å². The molecule has 156 valence electrons. The number of carbonyl (C=O) groups excluding carboxylic acids is 2. The molecule has 4 rings (SSSR count). The molecule has 3 heterocycles. The number of sulfonamides is 1. The molecular weight excluding hydrogens is 446 g/mol. The van der Waals surface area contributed by atoms with Crippen molar-refractivity contribution in [2.45, 2.75) is 19.8 Å². The highest BCUT2D eigenvalue weighted by Gasteiger charge is 2.19. The van der Waals surface area contributed by atoms with Gasteiger partial charge in [-0.05, 0) is 31.0 Å². The van der Waals surface area contributed by atoms with Crippen LogP contribution in [0.1, 0.15) is 27.3 Å². The molecule has 0 saturated heterocycles. The smallest absolute Gasteiger partial charge is 0.269 e. The SMILES string of the molecule is Cc1nc(NS(C)(=O)=O)sc1C(=O)Nc1nc(-c2ccc3c(c2)CCC(=O)N3)cs1. The van der Waals surface area contributed by atoms with Crippen LogP contribution in [0, 0.1) is 6.92 Å². The van der Waals surface area contributed by atoms with E-state index in [0.717, 1.165) is 40.1 Å². The number of fused-ring (bicyclic) bond motifs is 1. The van der Waals surface area contributed by atoms with Crippen molar-refractivity contribution in [2.75, 3.05) is 21.6 Å². The van der Waals surface area contributed by atoms with E-state index in [2.05, 4.69) is 25.3 Å². The maximum Gasteiger partial charge on any atom is 0.269 e. The molecule has 9 nitrogen and oxygen atoms in total. The standard InChI is InChI=1S/C18H17N5O4S3/c1-9-15(29-18(19-9)23-30(2,26)27)16(25)22-17-21-13(8-28-17)11-3-5-12-10(7-11)4-6-14(24)20-12/h3,5,7-8H,4,6H2,1-2H3,(H,19,23)(H,20,24)(H,21,22,25). The normalized spacial score (nSPS) is 13.5. The zero-order valence-electron chi connectivity index (χ0n) is 16.0. The molecule has 0 radical (unpaired) electrons. The molecule has 12 heteroatoms. The summed E-state index contributed by atoms with van der Waals surface area (Å²) in [4.78, 5) is 33.0. The minimum Gasteiger partial charge on any atom is -0.326 e. The molecule has 0 bridgehead atoms. The van der Waals surface area contributed by atoms with Crippen LogP contribution in [-0.4, -0.2) is 36.5 Å². The van der Waals surface area contributed by atoms with Gasteiger partial charge in [-0.25, -0.2) is 18.4 Å². The van der Waals surface area contributed by atoms with Crippen LogP contribution in [0.2, 0.25) is 0 Å². The summed E-state index contributed by atoms with van der Waals surface area (Å²) in [6.45, 7) is 1.64. The topological polar surface area (TPSA) is 130 Å². The summed E-state index contributed by atoms with van der Waals surface area (Å²) >= 11 is 2.25. The van der Waals surface area contributed by atoms with Crippen LogP contribution in [0.25, 0.3) is 11.3 Å². The van der Waals surface area contributed by atoms with Crippen molar-refractivity contribution in [3.8, 4) is 11.3 Å². The Kier molecular flexibility index (Phi) is 5.30. The van der Waals surface area contributed by atoms with Gasteiger partial charge in [0, 0.05) is 23.1 Å². The summed E-state index contributed by atoms with van der Waals surface area (Å²) in [5, 5.41) is 7.99. The maximum absolute atomic E-state index is 12.6. The van der Waals surface area contributed by atoms with Gasteiger partial charge < -0.3 is 5.32 Å². The fourth-order valence-corrected chi connectivity index (χ4v) is 5.38. The van der Waals surface area contributed by atoms with E-state index in [-0.39, 0.29) is 11.0 Å². The van der Waals surface area contributed by atoms with Crippen molar-refractivity contribution < 1.29 is 18.0 Å². The highest BCUT2D eigenvalue weighted by atomic mass is 32.2. The van der Waals surface area contributed by atoms with E-state index < -0.39 is 15.9 Å². The van der Waals surface area contributed by atoms with E-state index in [1.807, 2.05) is 23.6 Å². The molecule has 0 fully saturated rings. The second-order valence-electron chi connectivity index (χ2n) is 6.72. The molecular formula is C18H17N5O4S3. The Balaban J connectivity index is 1.50. The van der Waals surface area contributed by atoms with Crippen molar-refractivity contribution in [1.29, 1.82) is 0 Å². The Morgan fingerprint density at radius 1 is 1.20 bits per heavy atom. The quantitative estimate of drug-likeness (QED) is 0.533. The summed E-state index contributed by atoms with van der Waals surface area (Å²) in [5.41, 5.74) is 3.91. The van der Waals surface area contributed by atoms with Crippen LogP contribution >= 0.6 is 22.7 Å². The number of rotatable bonds is 5. The van der Waals surface area contributed by atoms with Gasteiger partial charge >= 0.3 is 0 Å². The fraction of sp³-hybridized carbons (Fsp3) is 0.222. The Bertz CT molecular complexity index is 1260. The van der Waals surface area contributed by atoms with Gasteiger partial charge in [-0.2, -0.15) is 0 Å². The van der Waals surface area contributed by atoms with Gasteiger partial charge in [0.25, 0.3) is 5.91 Å². The first-order valence-corrected chi connectivity index (χ1v) is 12.4. The summed E-state index contributed by atoms with van der Waals surface area (Å²) in [7, 11) is -3.47. The molecule has 3 N–H and O–H groups in total. The van der Waals surface area contributed by atoms with Gasteiger partial charge in [-0.15, -0.1) is 11.3 Å². The predicted octanol–water partition coefficient (Wildman–Crippen LogP) is 3.08. The highest BCUT2D eigenvalue weighted by Crippen LogP contribution is 2.31. The fourth-order valence-electron chi connectivity index (χ4n) is 2.97. The second-order valence-corrected chi connectivity index (χ2v) is 10.3. The number of aryl methyl sites for hydroxylation is 2. The van der Waals surface area contributed by atoms with Crippen molar-refractivity contribution in [3.63, 3.8) is 0 Å². The van der Waals surface area contributed by atoms with Crippen LogP contribution in [0.4, 0.5) is 16.0 Å². The summed E-state index contributed by atoms with van der Waals surface area (Å²) in [5.74, 6) is -0.386. The Labute approximate surface area is 180 Å². The number of hydrogen-bond donors (Lipinski definition) is 3. The molecule has 0 aliphatic carbocycles. The number of hydrogen-bond acceptors (Lipinski definition) is 8. The van der Waals surface area contributed by atoms with Crippen LogP contribution in [0.5, 0.6) is 0 Å². The van der Waals surface area contributed by atoms with Gasteiger partial charge in [-0.3, -0.25) is 19.6 Å². The van der Waals surface area contributed by atoms with Crippen LogP contribution in [0.3, 0.4) is 0 Å². The highest BCUT2D eigenvalue weighted by molar-refractivity contribution is 7.92. The Morgan fingerprint density at radius 3 is 2.77 bits per heavy atom. The summed E-state index contributed by atoms with van der Waals surface area (Å²) < 4.78 is 25.0. The third-order valence-electron chi connectivity index (χ3n) is 4.30. The molecule has 2 amide bonds. The average Bonchev–Trinajstić information content (AvgIpc) is 3.26. The zero-order valence-corrected chi connectivity index (χ0v) is 18.4. The molecule has 0 spiro atoms. The summed E-state index contributed by atoms with van der Waals surface area (Å²) in [6.07, 6.45) is 2.16. The zero-order chi connectivity index (χ0) is 21.5. The van der Waals surface area contributed by atoms with Crippen molar-refractivity contribution in [1.82, 2.24) is 9.97 Å². The predicted molar refractivity (Wildman–Crippen MR) is 118 cm³/mol. The lowest BCUT2D eigenvalue weighted by molar-refractivity contribution is -0.116. The third kappa shape index (κ3) is 4.50. The number of anilines is 3. The summed E-state index contributed by atoms with van der Waals surface area (Å²) in [6, 6.07) is 5.73. The first-order valence-electron chi connectivity index (χ1n) is 8.83. The van der Waals surface area contributed by atoms with E-state index in [1.54, 1.807) is 6.92 Å². The Morgan fingerprint density at radius 2 is 2.00 bits per heavy atom. The third-order valence-corrected chi connectivity index (χ3v) is 6.82. The van der Waals surface area contributed by atoms with Gasteiger partial charge in [0.2, 0.25) is 15.9 Å². The second kappa shape index (κ2) is 7.78. The van der Waals surface area contributed by atoms with Crippen molar-refractivity contribution in [3.05, 3.63) is 39.7 Å². The van der Waals surface area contributed by atoms with E-state index in [9.17, 15) is 18.0 Å². The minimum absolute atomic E-state index is 0.0159. The van der Waals surface area contributed by atoms with Crippen LogP contribution in [-0.2, 0) is 21.2 Å². The van der Waals surface area contributed by atoms with E-state index in [0.29, 0.717) is 28.5 Å². The molecule has 1 aliphatic rings. The molecule has 0 unspecified atom stereocenters. The average molecular weight is 464 g/mol. The lowest BCUT2D eigenvalue weighted by Gasteiger charge is -2.17. The van der Waals surface area contributed by atoms with Gasteiger partial charge in [0.1, 0.15) is 4.88 Å². The minimum atomic E-state index is -3.47. The van der Waals surface area contributed by atoms with E-state index in [1.165, 1.54) is 11.3 Å². The Hall–Kier alpha value is -2.83. The first-order chi connectivity index (χ1) is 14.2. The van der Waals surface area contributed by atoms with Crippen LogP contribution < -0.4 is 15.4 Å². The number of thiazole rings is 2. The van der Waals surface area contributed by atoms with Crippen molar-refractivity contribution >= 4 is 60.5 Å². The molecule has 30 heavy (non-hydrogen) atoms. The van der Waals surface area contributed by atoms with Gasteiger partial charge in [0.15, 0.2) is 10.3 Å². The molecule has 1 aliphatic heterocycles. The van der Waals surface area contributed by atoms with Crippen LogP contribution in [0.15, 0.2) is 23.6 Å². The number of nitrogens with one attached hydrogen (secondary N) is 3. The lowest BCUT2D eigenvalue weighted by atomic mass is 9.99. The van der Waals surface area contributed by atoms with Gasteiger partial charge in [-0.1, -0.05) is 17.4 Å². The molecule has 0 atom stereocenters.